The maximum atomic E-state index is 13.0. The summed E-state index contributed by atoms with van der Waals surface area (Å²) in [6, 6.07) is 4.89. The number of halogens is 1. The van der Waals surface area contributed by atoms with Crippen LogP contribution in [0.25, 0.3) is 0 Å². The summed E-state index contributed by atoms with van der Waals surface area (Å²) >= 11 is 0. The van der Waals surface area contributed by atoms with Gasteiger partial charge < -0.3 is 10.2 Å². The number of piperidine rings is 1. The van der Waals surface area contributed by atoms with Crippen LogP contribution in [0.15, 0.2) is 12.1 Å². The Morgan fingerprint density at radius 2 is 2.09 bits per heavy atom. The van der Waals surface area contributed by atoms with Crippen molar-refractivity contribution in [2.24, 2.45) is 5.92 Å². The molecule has 3 nitrogen and oxygen atoms in total. The molecule has 2 heterocycles. The molecule has 4 heteroatoms. The number of hydrogen-bond donors (Lipinski definition) is 1. The molecule has 2 aliphatic rings. The van der Waals surface area contributed by atoms with Gasteiger partial charge in [-0.1, -0.05) is 6.07 Å². The van der Waals surface area contributed by atoms with E-state index in [2.05, 4.69) is 43.1 Å². The molecule has 0 spiro atoms. The first-order valence-corrected chi connectivity index (χ1v) is 8.21. The van der Waals surface area contributed by atoms with E-state index in [1.54, 1.807) is 0 Å². The van der Waals surface area contributed by atoms with Crippen LogP contribution in [-0.4, -0.2) is 25.0 Å². The van der Waals surface area contributed by atoms with Crippen LogP contribution in [0.3, 0.4) is 0 Å². The largest absolute Gasteiger partial charge is 0.314 e. The quantitative estimate of drug-likeness (QED) is 0.859. The highest BCUT2D eigenvalue weighted by Gasteiger charge is 2.31. The Labute approximate surface area is 139 Å². The number of amides is 1. The maximum Gasteiger partial charge on any atom is 0.230 e. The average molecular weight is 323 g/mol. The van der Waals surface area contributed by atoms with Crippen molar-refractivity contribution in [3.05, 3.63) is 28.8 Å². The smallest absolute Gasteiger partial charge is 0.230 e. The number of hydrogen-bond acceptors (Lipinski definition) is 2. The Hall–Kier alpha value is -1.06. The normalized spacial score (nSPS) is 24.4. The first-order chi connectivity index (χ1) is 10.1. The first kappa shape index (κ1) is 17.3. The Balaban J connectivity index is 0.00000176. The summed E-state index contributed by atoms with van der Waals surface area (Å²) < 4.78 is 0. The van der Waals surface area contributed by atoms with Gasteiger partial charge in [0.15, 0.2) is 0 Å². The van der Waals surface area contributed by atoms with E-state index >= 15 is 0 Å². The fraction of sp³-hybridized carbons (Fsp3) is 0.611. The van der Waals surface area contributed by atoms with Gasteiger partial charge in [-0.2, -0.15) is 0 Å². The molecule has 1 N–H and O–H groups in total. The van der Waals surface area contributed by atoms with E-state index in [0.29, 0.717) is 11.9 Å². The van der Waals surface area contributed by atoms with Gasteiger partial charge in [0.25, 0.3) is 0 Å². The van der Waals surface area contributed by atoms with Gasteiger partial charge >= 0.3 is 0 Å². The Kier molecular flexibility index (Phi) is 5.51. The molecule has 0 aromatic heterocycles. The SMILES string of the molecule is Cc1cc(C)c2c(c1)N(C(=O)[C@H]1CCN[C@@H](C)C1)CCC2.Cl. The molecule has 0 aliphatic carbocycles. The van der Waals surface area contributed by atoms with Gasteiger partial charge in [0.1, 0.15) is 0 Å². The zero-order valence-electron chi connectivity index (χ0n) is 13.8. The second-order valence-corrected chi connectivity index (χ2v) is 6.75. The van der Waals surface area contributed by atoms with Crippen LogP contribution in [-0.2, 0) is 11.2 Å². The van der Waals surface area contributed by atoms with Gasteiger partial charge in [-0.3, -0.25) is 4.79 Å². The van der Waals surface area contributed by atoms with Gasteiger partial charge in [-0.25, -0.2) is 0 Å². The lowest BCUT2D eigenvalue weighted by atomic mass is 9.89. The number of nitrogens with zero attached hydrogens (tertiary/aromatic N) is 1. The minimum Gasteiger partial charge on any atom is -0.314 e. The van der Waals surface area contributed by atoms with E-state index in [-0.39, 0.29) is 18.3 Å². The molecule has 0 bridgehead atoms. The molecule has 122 valence electrons. The van der Waals surface area contributed by atoms with Crippen LogP contribution < -0.4 is 10.2 Å². The molecule has 3 rings (SSSR count). The molecule has 1 amide bonds. The number of carbonyl (C=O) groups excluding carboxylic acids is 1. The number of nitrogens with one attached hydrogen (secondary N) is 1. The molecule has 22 heavy (non-hydrogen) atoms. The van der Waals surface area contributed by atoms with Gasteiger partial charge in [0.05, 0.1) is 0 Å². The Morgan fingerprint density at radius 1 is 1.32 bits per heavy atom. The van der Waals surface area contributed by atoms with Crippen molar-refractivity contribution in [1.29, 1.82) is 0 Å². The van der Waals surface area contributed by atoms with Gasteiger partial charge in [0, 0.05) is 24.2 Å². The lowest BCUT2D eigenvalue weighted by molar-refractivity contribution is -0.123. The fourth-order valence-corrected chi connectivity index (χ4v) is 3.88. The molecule has 2 aliphatic heterocycles. The number of carbonyl (C=O) groups is 1. The number of benzene rings is 1. The molecule has 0 radical (unpaired) electrons. The number of rotatable bonds is 1. The van der Waals surface area contributed by atoms with E-state index in [1.807, 2.05) is 0 Å². The first-order valence-electron chi connectivity index (χ1n) is 8.21. The third kappa shape index (κ3) is 3.31. The number of anilines is 1. The molecule has 1 saturated heterocycles. The predicted octanol–water partition coefficient (Wildman–Crippen LogP) is 3.39. The maximum absolute atomic E-state index is 13.0. The van der Waals surface area contributed by atoms with Crippen LogP contribution in [0, 0.1) is 19.8 Å². The minimum atomic E-state index is 0. The van der Waals surface area contributed by atoms with Crippen molar-refractivity contribution in [2.75, 3.05) is 18.0 Å². The summed E-state index contributed by atoms with van der Waals surface area (Å²) in [4.78, 5) is 15.1. The van der Waals surface area contributed by atoms with Crippen molar-refractivity contribution in [2.45, 2.75) is 52.5 Å². The highest BCUT2D eigenvalue weighted by Crippen LogP contribution is 2.33. The molecule has 1 fully saturated rings. The molecule has 1 aromatic rings. The zero-order chi connectivity index (χ0) is 15.0. The monoisotopic (exact) mass is 322 g/mol. The van der Waals surface area contributed by atoms with E-state index in [1.165, 1.54) is 22.4 Å². The standard InChI is InChI=1S/C18H26N2O.ClH/c1-12-9-13(2)16-5-4-8-20(17(16)10-12)18(21)15-6-7-19-14(3)11-15;/h9-10,14-15,19H,4-8,11H2,1-3H3;1H/t14-,15-;/m0./s1. The molecular formula is C18H27ClN2O. The summed E-state index contributed by atoms with van der Waals surface area (Å²) in [5.74, 6) is 0.530. The lowest BCUT2D eigenvalue weighted by Gasteiger charge is -2.36. The van der Waals surface area contributed by atoms with Crippen LogP contribution >= 0.6 is 12.4 Å². The topological polar surface area (TPSA) is 32.3 Å². The van der Waals surface area contributed by atoms with Crippen molar-refractivity contribution >= 4 is 24.0 Å². The van der Waals surface area contributed by atoms with Gasteiger partial charge in [-0.15, -0.1) is 12.4 Å². The van der Waals surface area contributed by atoms with Gasteiger partial charge in [0.2, 0.25) is 5.91 Å². The van der Waals surface area contributed by atoms with Crippen LogP contribution in [0.4, 0.5) is 5.69 Å². The third-order valence-corrected chi connectivity index (χ3v) is 4.93. The summed E-state index contributed by atoms with van der Waals surface area (Å²) in [6.45, 7) is 8.32. The molecule has 0 unspecified atom stereocenters. The Bertz CT molecular complexity index is 558. The van der Waals surface area contributed by atoms with E-state index in [4.69, 9.17) is 0 Å². The molecule has 0 saturated carbocycles. The summed E-state index contributed by atoms with van der Waals surface area (Å²) in [7, 11) is 0. The van der Waals surface area contributed by atoms with Crippen LogP contribution in [0.5, 0.6) is 0 Å². The van der Waals surface area contributed by atoms with Crippen molar-refractivity contribution < 1.29 is 4.79 Å². The number of aryl methyl sites for hydroxylation is 2. The second kappa shape index (κ2) is 7.01. The molecular weight excluding hydrogens is 296 g/mol. The van der Waals surface area contributed by atoms with Crippen molar-refractivity contribution in [3.8, 4) is 0 Å². The summed E-state index contributed by atoms with van der Waals surface area (Å²) in [5, 5.41) is 3.44. The highest BCUT2D eigenvalue weighted by atomic mass is 35.5. The number of fused-ring (bicyclic) bond motifs is 1. The predicted molar refractivity (Wildman–Crippen MR) is 94.0 cm³/mol. The minimum absolute atomic E-state index is 0. The highest BCUT2D eigenvalue weighted by molar-refractivity contribution is 5.96. The van der Waals surface area contributed by atoms with Crippen LogP contribution in [0.1, 0.15) is 42.9 Å². The average Bonchev–Trinajstić information content (AvgIpc) is 2.46. The van der Waals surface area contributed by atoms with Crippen molar-refractivity contribution in [1.82, 2.24) is 5.32 Å². The third-order valence-electron chi connectivity index (χ3n) is 4.93. The second-order valence-electron chi connectivity index (χ2n) is 6.75. The lowest BCUT2D eigenvalue weighted by Crippen LogP contribution is -2.45. The van der Waals surface area contributed by atoms with Gasteiger partial charge in [-0.05, 0) is 75.8 Å². The van der Waals surface area contributed by atoms with Crippen LogP contribution in [0.2, 0.25) is 0 Å². The van der Waals surface area contributed by atoms with E-state index in [9.17, 15) is 4.79 Å². The van der Waals surface area contributed by atoms with Crippen molar-refractivity contribution in [3.63, 3.8) is 0 Å². The zero-order valence-corrected chi connectivity index (χ0v) is 14.6. The Morgan fingerprint density at radius 3 is 2.82 bits per heavy atom. The fourth-order valence-electron chi connectivity index (χ4n) is 3.88. The van der Waals surface area contributed by atoms with E-state index < -0.39 is 0 Å². The van der Waals surface area contributed by atoms with E-state index in [0.717, 1.165) is 38.8 Å². The summed E-state index contributed by atoms with van der Waals surface area (Å²) in [5.41, 5.74) is 5.14. The molecule has 2 atom stereocenters. The summed E-state index contributed by atoms with van der Waals surface area (Å²) in [6.07, 6.45) is 4.13. The molecule has 1 aromatic carbocycles.